The summed E-state index contributed by atoms with van der Waals surface area (Å²) < 4.78 is 24.2. The first-order chi connectivity index (χ1) is 18.2. The van der Waals surface area contributed by atoms with Gasteiger partial charge in [-0.3, -0.25) is 9.88 Å². The Morgan fingerprint density at radius 1 is 1.00 bits per heavy atom. The molecule has 0 atom stereocenters. The predicted molar refractivity (Wildman–Crippen MR) is 141 cm³/mol. The molecule has 5 rings (SSSR count). The molecular formula is C26H26N6O5S. The summed E-state index contributed by atoms with van der Waals surface area (Å²) in [5, 5.41) is 16.6. The van der Waals surface area contributed by atoms with Crippen LogP contribution >= 0.6 is 0 Å². The summed E-state index contributed by atoms with van der Waals surface area (Å²) in [6, 6.07) is 9.14. The lowest BCUT2D eigenvalue weighted by molar-refractivity contribution is 0.0692. The van der Waals surface area contributed by atoms with Gasteiger partial charge < -0.3 is 10.4 Å². The van der Waals surface area contributed by atoms with Crippen molar-refractivity contribution in [1.82, 2.24) is 24.6 Å². The summed E-state index contributed by atoms with van der Waals surface area (Å²) in [5.74, 6) is -1.27. The van der Waals surface area contributed by atoms with Crippen molar-refractivity contribution in [1.29, 1.82) is 0 Å². The number of nitrogens with zero attached hydrogens (tertiary/aromatic N) is 5. The number of carbonyl (C=O) groups is 2. The van der Waals surface area contributed by atoms with Crippen LogP contribution in [-0.4, -0.2) is 69.5 Å². The fourth-order valence-corrected chi connectivity index (χ4v) is 5.13. The highest BCUT2D eigenvalue weighted by Gasteiger charge is 2.21. The van der Waals surface area contributed by atoms with Gasteiger partial charge in [-0.15, -0.1) is 0 Å². The molecule has 2 N–H and O–H groups in total. The van der Waals surface area contributed by atoms with Crippen LogP contribution < -0.4 is 5.32 Å². The van der Waals surface area contributed by atoms with Crippen LogP contribution in [0.25, 0.3) is 22.0 Å². The Morgan fingerprint density at radius 2 is 1.79 bits per heavy atom. The van der Waals surface area contributed by atoms with Gasteiger partial charge in [-0.25, -0.2) is 23.0 Å². The number of hydrogen-bond acceptors (Lipinski definition) is 8. The molecule has 4 heterocycles. The van der Waals surface area contributed by atoms with E-state index in [1.807, 2.05) is 12.3 Å². The van der Waals surface area contributed by atoms with E-state index in [0.717, 1.165) is 47.3 Å². The molecule has 0 spiro atoms. The number of benzene rings is 1. The quantitative estimate of drug-likeness (QED) is 0.378. The highest BCUT2D eigenvalue weighted by atomic mass is 32.2. The average molecular weight is 535 g/mol. The molecule has 1 aromatic carbocycles. The Hall–Kier alpha value is -4.16. The van der Waals surface area contributed by atoms with Gasteiger partial charge >= 0.3 is 12.0 Å². The maximum absolute atomic E-state index is 13.0. The lowest BCUT2D eigenvalue weighted by Gasteiger charge is -2.26. The number of anilines is 1. The molecular weight excluding hydrogens is 508 g/mol. The fourth-order valence-electron chi connectivity index (χ4n) is 4.57. The van der Waals surface area contributed by atoms with Crippen molar-refractivity contribution in [3.05, 3.63) is 66.2 Å². The number of likely N-dealkylation sites (tertiary alicyclic amines) is 1. The molecule has 1 aliphatic rings. The number of nitrogens with one attached hydrogen (secondary N) is 1. The Morgan fingerprint density at radius 3 is 2.47 bits per heavy atom. The molecule has 0 radical (unpaired) electrons. The van der Waals surface area contributed by atoms with E-state index in [4.69, 9.17) is 0 Å². The van der Waals surface area contributed by atoms with Gasteiger partial charge in [0.25, 0.3) is 0 Å². The molecule has 1 saturated heterocycles. The van der Waals surface area contributed by atoms with Crippen molar-refractivity contribution in [3.8, 4) is 11.1 Å². The molecule has 1 aliphatic heterocycles. The summed E-state index contributed by atoms with van der Waals surface area (Å²) in [7, 11) is -3.49. The van der Waals surface area contributed by atoms with Gasteiger partial charge in [-0.1, -0.05) is 12.5 Å². The number of rotatable bonds is 6. The van der Waals surface area contributed by atoms with E-state index in [1.54, 1.807) is 24.4 Å². The molecule has 0 bridgehead atoms. The van der Waals surface area contributed by atoms with Crippen LogP contribution in [0, 0.1) is 0 Å². The van der Waals surface area contributed by atoms with Crippen molar-refractivity contribution in [3.63, 3.8) is 0 Å². The molecule has 38 heavy (non-hydrogen) atoms. The number of carbonyl (C=O) groups excluding carboxylic acids is 1. The van der Waals surface area contributed by atoms with Gasteiger partial charge in [-0.2, -0.15) is 9.78 Å². The number of hydrogen-bond donors (Lipinski definition) is 2. The van der Waals surface area contributed by atoms with E-state index in [-0.39, 0.29) is 16.4 Å². The Kier molecular flexibility index (Phi) is 6.91. The van der Waals surface area contributed by atoms with E-state index in [1.165, 1.54) is 37.6 Å². The number of piperidine rings is 1. The number of carboxylic acids is 1. The van der Waals surface area contributed by atoms with E-state index >= 15 is 0 Å². The minimum absolute atomic E-state index is 0.129. The molecule has 1 fully saturated rings. The van der Waals surface area contributed by atoms with Gasteiger partial charge in [-0.05, 0) is 67.4 Å². The van der Waals surface area contributed by atoms with Gasteiger partial charge in [0.2, 0.25) is 0 Å². The third-order valence-corrected chi connectivity index (χ3v) is 7.43. The lowest BCUT2D eigenvalue weighted by atomic mass is 10.0. The molecule has 3 aromatic heterocycles. The predicted octanol–water partition coefficient (Wildman–Crippen LogP) is 3.66. The SMILES string of the molecule is CS(=O)(=O)c1ccc(NC(=O)n2nc(C(=O)O)c3cc(-c4cncc(CN5CCCCC5)c4)ccc32)cn1. The van der Waals surface area contributed by atoms with Crippen LogP contribution in [0.15, 0.2) is 60.0 Å². The second-order valence-electron chi connectivity index (χ2n) is 9.30. The zero-order valence-corrected chi connectivity index (χ0v) is 21.5. The van der Waals surface area contributed by atoms with Crippen LogP contribution in [0.1, 0.15) is 35.3 Å². The van der Waals surface area contributed by atoms with Crippen molar-refractivity contribution < 1.29 is 23.1 Å². The van der Waals surface area contributed by atoms with Crippen LogP contribution in [-0.2, 0) is 16.4 Å². The highest BCUT2D eigenvalue weighted by Crippen LogP contribution is 2.28. The molecule has 4 aromatic rings. The standard InChI is InChI=1S/C26H26N6O5S/c1-38(36,37)23-8-6-20(15-28-23)29-26(35)32-22-7-5-18(12-21(22)24(30-32)25(33)34)19-11-17(13-27-14-19)16-31-9-3-2-4-10-31/h5-8,11-15H,2-4,9-10,16H2,1H3,(H,29,35)(H,33,34). The number of sulfone groups is 1. The summed E-state index contributed by atoms with van der Waals surface area (Å²) in [5.41, 5.74) is 2.95. The van der Waals surface area contributed by atoms with Crippen LogP contribution in [0.4, 0.5) is 10.5 Å². The minimum Gasteiger partial charge on any atom is -0.476 e. The van der Waals surface area contributed by atoms with E-state index in [2.05, 4.69) is 25.3 Å². The fraction of sp³-hybridized carbons (Fsp3) is 0.269. The monoisotopic (exact) mass is 534 g/mol. The van der Waals surface area contributed by atoms with Crippen molar-refractivity contribution in [2.45, 2.75) is 30.8 Å². The molecule has 196 valence electrons. The van der Waals surface area contributed by atoms with Gasteiger partial charge in [0.15, 0.2) is 20.6 Å². The highest BCUT2D eigenvalue weighted by molar-refractivity contribution is 7.90. The van der Waals surface area contributed by atoms with Crippen LogP contribution in [0.2, 0.25) is 0 Å². The van der Waals surface area contributed by atoms with E-state index in [0.29, 0.717) is 10.9 Å². The number of aromatic nitrogens is 4. The van der Waals surface area contributed by atoms with E-state index < -0.39 is 21.8 Å². The van der Waals surface area contributed by atoms with Gasteiger partial charge in [0.1, 0.15) is 0 Å². The topological polar surface area (TPSA) is 147 Å². The zero-order valence-electron chi connectivity index (χ0n) is 20.7. The van der Waals surface area contributed by atoms with Crippen molar-refractivity contribution >= 4 is 38.4 Å². The number of aromatic carboxylic acids is 1. The Labute approximate surface area is 219 Å². The van der Waals surface area contributed by atoms with Crippen molar-refractivity contribution in [2.24, 2.45) is 0 Å². The Bertz CT molecular complexity index is 1630. The zero-order chi connectivity index (χ0) is 26.9. The lowest BCUT2D eigenvalue weighted by Crippen LogP contribution is -2.29. The van der Waals surface area contributed by atoms with E-state index in [9.17, 15) is 23.1 Å². The first kappa shape index (κ1) is 25.5. The first-order valence-electron chi connectivity index (χ1n) is 12.1. The van der Waals surface area contributed by atoms with Gasteiger partial charge in [0, 0.05) is 36.1 Å². The molecule has 0 unspecified atom stereocenters. The molecule has 0 saturated carbocycles. The normalized spacial score (nSPS) is 14.4. The molecule has 11 nitrogen and oxygen atoms in total. The summed E-state index contributed by atoms with van der Waals surface area (Å²) in [4.78, 5) is 35.6. The summed E-state index contributed by atoms with van der Waals surface area (Å²) in [6.45, 7) is 2.94. The van der Waals surface area contributed by atoms with Gasteiger partial charge in [0.05, 0.1) is 17.4 Å². The molecule has 0 aliphatic carbocycles. The first-order valence-corrected chi connectivity index (χ1v) is 14.0. The second kappa shape index (κ2) is 10.3. The minimum atomic E-state index is -3.49. The molecule has 1 amide bonds. The largest absolute Gasteiger partial charge is 0.476 e. The summed E-state index contributed by atoms with van der Waals surface area (Å²) >= 11 is 0. The molecule has 12 heteroatoms. The van der Waals surface area contributed by atoms with Crippen molar-refractivity contribution in [2.75, 3.05) is 24.7 Å². The summed E-state index contributed by atoms with van der Waals surface area (Å²) in [6.07, 6.45) is 9.47. The number of carboxylic acid groups (broad SMARTS) is 1. The average Bonchev–Trinajstić information content (AvgIpc) is 3.29. The second-order valence-corrected chi connectivity index (χ2v) is 11.3. The third-order valence-electron chi connectivity index (χ3n) is 6.43. The Balaban J connectivity index is 1.44. The van der Waals surface area contributed by atoms with Crippen LogP contribution in [0.5, 0.6) is 0 Å². The maximum atomic E-state index is 13.0. The number of fused-ring (bicyclic) bond motifs is 1. The number of amides is 1. The smallest absolute Gasteiger partial charge is 0.357 e. The third kappa shape index (κ3) is 5.41. The maximum Gasteiger partial charge on any atom is 0.357 e. The van der Waals surface area contributed by atoms with Crippen LogP contribution in [0.3, 0.4) is 0 Å². The number of pyridine rings is 2.